The van der Waals surface area contributed by atoms with Crippen molar-refractivity contribution in [1.29, 1.82) is 0 Å². The molecule has 1 fully saturated rings. The Bertz CT molecular complexity index is 625. The van der Waals surface area contributed by atoms with Crippen LogP contribution in [0.5, 0.6) is 0 Å². The number of benzene rings is 2. The molecule has 0 amide bonds. The SMILES string of the molecule is OC1(CCc2ccccc2)CCCCC1Cc1cccc(F)c1. The number of rotatable bonds is 5. The van der Waals surface area contributed by atoms with Crippen LogP contribution >= 0.6 is 0 Å². The molecule has 23 heavy (non-hydrogen) atoms. The monoisotopic (exact) mass is 312 g/mol. The molecule has 3 rings (SSSR count). The van der Waals surface area contributed by atoms with E-state index in [1.165, 1.54) is 11.6 Å². The van der Waals surface area contributed by atoms with E-state index in [0.29, 0.717) is 0 Å². The molecular weight excluding hydrogens is 287 g/mol. The third-order valence-corrected chi connectivity index (χ3v) is 5.23. The maximum atomic E-state index is 13.4. The normalized spacial score (nSPS) is 24.5. The topological polar surface area (TPSA) is 20.2 Å². The Morgan fingerprint density at radius 2 is 1.78 bits per heavy atom. The molecule has 2 aromatic rings. The maximum absolute atomic E-state index is 13.4. The molecule has 1 saturated carbocycles. The molecule has 2 heteroatoms. The van der Waals surface area contributed by atoms with Gasteiger partial charge in [-0.2, -0.15) is 0 Å². The average Bonchev–Trinajstić information content (AvgIpc) is 2.57. The van der Waals surface area contributed by atoms with Gasteiger partial charge in [-0.15, -0.1) is 0 Å². The molecule has 0 spiro atoms. The quantitative estimate of drug-likeness (QED) is 0.830. The van der Waals surface area contributed by atoms with Crippen molar-refractivity contribution in [3.8, 4) is 0 Å². The molecule has 2 unspecified atom stereocenters. The van der Waals surface area contributed by atoms with Gasteiger partial charge in [0, 0.05) is 0 Å². The van der Waals surface area contributed by atoms with Crippen LogP contribution in [-0.2, 0) is 12.8 Å². The second kappa shape index (κ2) is 7.27. The van der Waals surface area contributed by atoms with Crippen LogP contribution in [0.25, 0.3) is 0 Å². The van der Waals surface area contributed by atoms with E-state index in [1.807, 2.05) is 24.3 Å². The average molecular weight is 312 g/mol. The van der Waals surface area contributed by atoms with E-state index in [9.17, 15) is 9.50 Å². The van der Waals surface area contributed by atoms with Crippen molar-refractivity contribution >= 4 is 0 Å². The summed E-state index contributed by atoms with van der Waals surface area (Å²) in [6, 6.07) is 17.2. The van der Waals surface area contributed by atoms with Crippen LogP contribution in [-0.4, -0.2) is 10.7 Å². The Balaban J connectivity index is 1.69. The zero-order chi connectivity index (χ0) is 16.1. The summed E-state index contributed by atoms with van der Waals surface area (Å²) in [4.78, 5) is 0. The van der Waals surface area contributed by atoms with E-state index in [1.54, 1.807) is 12.1 Å². The van der Waals surface area contributed by atoms with Gasteiger partial charge < -0.3 is 5.11 Å². The van der Waals surface area contributed by atoms with Crippen LogP contribution in [0.4, 0.5) is 4.39 Å². The third kappa shape index (κ3) is 4.20. The summed E-state index contributed by atoms with van der Waals surface area (Å²) in [5.41, 5.74) is 1.64. The fraction of sp³-hybridized carbons (Fsp3) is 0.429. The number of hydrogen-bond donors (Lipinski definition) is 1. The standard InChI is InChI=1S/C21H25FO/c22-20-11-6-9-18(16-20)15-19-10-4-5-13-21(19,23)14-12-17-7-2-1-3-8-17/h1-3,6-9,11,16,19,23H,4-5,10,12-15H2. The van der Waals surface area contributed by atoms with Crippen LogP contribution in [0.15, 0.2) is 54.6 Å². The molecule has 122 valence electrons. The minimum atomic E-state index is -0.625. The van der Waals surface area contributed by atoms with Crippen LogP contribution in [0, 0.1) is 11.7 Å². The zero-order valence-electron chi connectivity index (χ0n) is 13.5. The van der Waals surface area contributed by atoms with E-state index >= 15 is 0 Å². The molecule has 0 radical (unpaired) electrons. The molecule has 0 heterocycles. The first-order valence-corrected chi connectivity index (χ1v) is 8.66. The highest BCUT2D eigenvalue weighted by Gasteiger charge is 2.38. The van der Waals surface area contributed by atoms with Gasteiger partial charge in [0.1, 0.15) is 5.82 Å². The lowest BCUT2D eigenvalue weighted by Crippen LogP contribution is -2.42. The first-order chi connectivity index (χ1) is 11.2. The minimum Gasteiger partial charge on any atom is -0.390 e. The van der Waals surface area contributed by atoms with Crippen molar-refractivity contribution in [3.05, 3.63) is 71.5 Å². The first-order valence-electron chi connectivity index (χ1n) is 8.66. The van der Waals surface area contributed by atoms with Crippen LogP contribution in [0.2, 0.25) is 0 Å². The van der Waals surface area contributed by atoms with Gasteiger partial charge in [-0.3, -0.25) is 0 Å². The smallest absolute Gasteiger partial charge is 0.123 e. The minimum absolute atomic E-state index is 0.189. The van der Waals surface area contributed by atoms with Crippen LogP contribution in [0.1, 0.15) is 43.2 Å². The molecule has 2 atom stereocenters. The van der Waals surface area contributed by atoms with Crippen molar-refractivity contribution in [2.75, 3.05) is 0 Å². The highest BCUT2D eigenvalue weighted by Crippen LogP contribution is 2.39. The van der Waals surface area contributed by atoms with Gasteiger partial charge in [0.05, 0.1) is 5.60 Å². The largest absolute Gasteiger partial charge is 0.390 e. The Morgan fingerprint density at radius 1 is 1.00 bits per heavy atom. The predicted molar refractivity (Wildman–Crippen MR) is 91.8 cm³/mol. The van der Waals surface area contributed by atoms with E-state index in [4.69, 9.17) is 0 Å². The summed E-state index contributed by atoms with van der Waals surface area (Å²) in [6.45, 7) is 0. The summed E-state index contributed by atoms with van der Waals surface area (Å²) in [6.07, 6.45) is 6.59. The summed E-state index contributed by atoms with van der Waals surface area (Å²) in [5.74, 6) is 0.0351. The van der Waals surface area contributed by atoms with Gasteiger partial charge in [-0.05, 0) is 61.3 Å². The van der Waals surface area contributed by atoms with Crippen LogP contribution < -0.4 is 0 Å². The van der Waals surface area contributed by atoms with E-state index in [2.05, 4.69) is 12.1 Å². The number of halogens is 1. The van der Waals surface area contributed by atoms with E-state index < -0.39 is 5.60 Å². The Kier molecular flexibility index (Phi) is 5.12. The zero-order valence-corrected chi connectivity index (χ0v) is 13.5. The molecule has 1 aliphatic rings. The van der Waals surface area contributed by atoms with Gasteiger partial charge in [-0.25, -0.2) is 4.39 Å². The summed E-state index contributed by atoms with van der Waals surface area (Å²) in [5, 5.41) is 11.2. The first kappa shape index (κ1) is 16.2. The number of aryl methyl sites for hydroxylation is 1. The highest BCUT2D eigenvalue weighted by molar-refractivity contribution is 5.19. The van der Waals surface area contributed by atoms with E-state index in [-0.39, 0.29) is 11.7 Å². The van der Waals surface area contributed by atoms with Crippen LogP contribution in [0.3, 0.4) is 0 Å². The second-order valence-corrected chi connectivity index (χ2v) is 6.87. The lowest BCUT2D eigenvalue weighted by Gasteiger charge is -2.40. The molecule has 1 nitrogen and oxygen atoms in total. The van der Waals surface area contributed by atoms with Crippen molar-refractivity contribution in [3.63, 3.8) is 0 Å². The van der Waals surface area contributed by atoms with Gasteiger partial charge in [0.2, 0.25) is 0 Å². The highest BCUT2D eigenvalue weighted by atomic mass is 19.1. The molecular formula is C21H25FO. The third-order valence-electron chi connectivity index (χ3n) is 5.23. The number of aliphatic hydroxyl groups is 1. The predicted octanol–water partition coefficient (Wildman–Crippen LogP) is 4.92. The van der Waals surface area contributed by atoms with Crippen molar-refractivity contribution < 1.29 is 9.50 Å². The summed E-state index contributed by atoms with van der Waals surface area (Å²) >= 11 is 0. The molecule has 0 aliphatic heterocycles. The summed E-state index contributed by atoms with van der Waals surface area (Å²) < 4.78 is 13.4. The second-order valence-electron chi connectivity index (χ2n) is 6.87. The molecule has 0 bridgehead atoms. The molecule has 1 N–H and O–H groups in total. The molecule has 0 aromatic heterocycles. The molecule has 0 saturated heterocycles. The molecule has 1 aliphatic carbocycles. The Hall–Kier alpha value is -1.67. The number of hydrogen-bond acceptors (Lipinski definition) is 1. The van der Waals surface area contributed by atoms with Gasteiger partial charge in [0.15, 0.2) is 0 Å². The fourth-order valence-electron chi connectivity index (χ4n) is 3.87. The van der Waals surface area contributed by atoms with Crippen molar-refractivity contribution in [2.24, 2.45) is 5.92 Å². The lowest BCUT2D eigenvalue weighted by molar-refractivity contribution is -0.0545. The lowest BCUT2D eigenvalue weighted by atomic mass is 9.70. The van der Waals surface area contributed by atoms with Crippen molar-refractivity contribution in [1.82, 2.24) is 0 Å². The fourth-order valence-corrected chi connectivity index (χ4v) is 3.87. The van der Waals surface area contributed by atoms with E-state index in [0.717, 1.165) is 50.5 Å². The molecule has 2 aromatic carbocycles. The van der Waals surface area contributed by atoms with Gasteiger partial charge in [-0.1, -0.05) is 55.3 Å². The summed E-state index contributed by atoms with van der Waals surface area (Å²) in [7, 11) is 0. The van der Waals surface area contributed by atoms with Gasteiger partial charge >= 0.3 is 0 Å². The Morgan fingerprint density at radius 3 is 2.57 bits per heavy atom. The Labute approximate surface area is 138 Å². The van der Waals surface area contributed by atoms with Gasteiger partial charge in [0.25, 0.3) is 0 Å². The maximum Gasteiger partial charge on any atom is 0.123 e. The van der Waals surface area contributed by atoms with Crippen molar-refractivity contribution in [2.45, 2.75) is 50.5 Å².